The second kappa shape index (κ2) is 11.6. The fourth-order valence-corrected chi connectivity index (χ4v) is 13.3. The van der Waals surface area contributed by atoms with Gasteiger partial charge in [0.25, 0.3) is 0 Å². The van der Waals surface area contributed by atoms with Gasteiger partial charge in [-0.1, -0.05) is 27.7 Å². The highest BCUT2D eigenvalue weighted by molar-refractivity contribution is 5.79. The maximum atomic E-state index is 12.4. The van der Waals surface area contributed by atoms with E-state index in [1.54, 1.807) is 0 Å². The maximum absolute atomic E-state index is 12.4. The minimum atomic E-state index is -0.830. The van der Waals surface area contributed by atoms with Crippen LogP contribution in [0.3, 0.4) is 0 Å². The molecule has 16 atom stereocenters. The predicted molar refractivity (Wildman–Crippen MR) is 179 cm³/mol. The van der Waals surface area contributed by atoms with Gasteiger partial charge in [0.2, 0.25) is 11.6 Å². The summed E-state index contributed by atoms with van der Waals surface area (Å²) in [7, 11) is 0. The van der Waals surface area contributed by atoms with Crippen molar-refractivity contribution in [3.8, 4) is 0 Å². The molecule has 3 aliphatic carbocycles. The van der Waals surface area contributed by atoms with E-state index < -0.39 is 46.7 Å². The van der Waals surface area contributed by atoms with Crippen molar-refractivity contribution in [2.75, 3.05) is 6.61 Å². The van der Waals surface area contributed by atoms with Crippen LogP contribution in [-0.4, -0.2) is 71.3 Å². The lowest BCUT2D eigenvalue weighted by Gasteiger charge is -2.61. The van der Waals surface area contributed by atoms with Gasteiger partial charge in [0.15, 0.2) is 29.6 Å². The molecule has 9 saturated heterocycles. The Morgan fingerprint density at radius 2 is 1.10 bits per heavy atom. The topological polar surface area (TPSA) is 109 Å². The number of carbonyl (C=O) groups excluding carboxylic acids is 1. The van der Waals surface area contributed by atoms with Crippen molar-refractivity contribution < 1.29 is 52.8 Å². The summed E-state index contributed by atoms with van der Waals surface area (Å²) in [6.07, 6.45) is 10.0. The number of hydrogen-bond donors (Lipinski definition) is 0. The summed E-state index contributed by atoms with van der Waals surface area (Å²) >= 11 is 0. The highest BCUT2D eigenvalue weighted by Gasteiger charge is 2.72. The molecular weight excluding hydrogens is 656 g/mol. The van der Waals surface area contributed by atoms with Gasteiger partial charge >= 0.3 is 0 Å². The minimum absolute atomic E-state index is 0.152. The van der Waals surface area contributed by atoms with Gasteiger partial charge in [0, 0.05) is 63.2 Å². The summed E-state index contributed by atoms with van der Waals surface area (Å²) in [5.41, 5.74) is -1.92. The average Bonchev–Trinajstić information content (AvgIpc) is 3.21. The molecule has 0 unspecified atom stereocenters. The molecule has 3 saturated carbocycles. The lowest BCUT2D eigenvalue weighted by Crippen LogP contribution is -2.71. The van der Waals surface area contributed by atoms with E-state index in [1.807, 2.05) is 13.8 Å². The molecule has 12 aliphatic rings. The van der Waals surface area contributed by atoms with Crippen LogP contribution in [0.2, 0.25) is 0 Å². The average molecular weight is 717 g/mol. The van der Waals surface area contributed by atoms with E-state index in [1.165, 1.54) is 0 Å². The van der Waals surface area contributed by atoms with E-state index in [0.717, 1.165) is 51.4 Å². The van der Waals surface area contributed by atoms with Gasteiger partial charge < -0.3 is 28.4 Å². The third kappa shape index (κ3) is 5.01. The fourth-order valence-electron chi connectivity index (χ4n) is 13.3. The second-order valence-corrected chi connectivity index (χ2v) is 19.3. The first-order valence-corrected chi connectivity index (χ1v) is 20.6. The molecule has 51 heavy (non-hydrogen) atoms. The van der Waals surface area contributed by atoms with Crippen LogP contribution in [-0.2, 0) is 52.8 Å². The monoisotopic (exact) mass is 716 g/mol. The molecular formula is C40H60O11. The molecule has 0 aromatic rings. The molecule has 0 amide bonds. The summed E-state index contributed by atoms with van der Waals surface area (Å²) in [4.78, 5) is 37.6. The van der Waals surface area contributed by atoms with Gasteiger partial charge in [-0.05, 0) is 87.9 Å². The summed E-state index contributed by atoms with van der Waals surface area (Å²) < 4.78 is 41.9. The first-order chi connectivity index (χ1) is 24.3. The molecule has 0 aromatic carbocycles. The van der Waals surface area contributed by atoms with Gasteiger partial charge in [0.05, 0.1) is 24.4 Å². The smallest absolute Gasteiger partial charge is 0.201 e. The quantitative estimate of drug-likeness (QED) is 0.284. The van der Waals surface area contributed by atoms with Gasteiger partial charge in [-0.2, -0.15) is 0 Å². The third-order valence-electron chi connectivity index (χ3n) is 16.3. The van der Waals surface area contributed by atoms with Crippen molar-refractivity contribution in [2.45, 2.75) is 190 Å². The predicted octanol–water partition coefficient (Wildman–Crippen LogP) is 6.89. The Hall–Kier alpha value is -0.730. The van der Waals surface area contributed by atoms with Crippen molar-refractivity contribution in [1.82, 2.24) is 0 Å². The molecule has 9 heterocycles. The van der Waals surface area contributed by atoms with Crippen molar-refractivity contribution in [1.29, 1.82) is 0 Å². The van der Waals surface area contributed by atoms with Crippen LogP contribution in [0.15, 0.2) is 0 Å². The summed E-state index contributed by atoms with van der Waals surface area (Å²) in [6.45, 7) is 13.8. The molecule has 12 rings (SSSR count). The number of ketones is 1. The number of carbonyl (C=O) groups is 1. The molecule has 286 valence electrons. The van der Waals surface area contributed by atoms with E-state index >= 15 is 0 Å². The van der Waals surface area contributed by atoms with Crippen LogP contribution in [0.1, 0.15) is 131 Å². The molecule has 12 fully saturated rings. The SMILES string of the molecule is C[C@H]1[C@@H](CC2(C[C@H]3O[C@@H]4O[C@@]5(C)CC[C@H]6[C@H](C)CC[C@@H]([C@H]3C)[C@@]46OO5)COC3(CCC(=O)CC3)O2)O[C@@H]2O[C@@]3(C)CC[C@H]4[C@H](C)CC[C@@H]1[C@@]24OO3. The molecule has 0 N–H and O–H groups in total. The zero-order valence-corrected chi connectivity index (χ0v) is 31.5. The minimum Gasteiger partial charge on any atom is -0.347 e. The van der Waals surface area contributed by atoms with Crippen molar-refractivity contribution in [3.05, 3.63) is 0 Å². The zero-order chi connectivity index (χ0) is 35.2. The Labute approximate surface area is 302 Å². The molecule has 9 aliphatic heterocycles. The van der Waals surface area contributed by atoms with E-state index in [9.17, 15) is 4.79 Å². The number of ether oxygens (including phenoxy) is 6. The van der Waals surface area contributed by atoms with Crippen LogP contribution >= 0.6 is 0 Å². The number of hydrogen-bond acceptors (Lipinski definition) is 11. The Bertz CT molecular complexity index is 1320. The van der Waals surface area contributed by atoms with Crippen LogP contribution < -0.4 is 0 Å². The standard InChI is InChI=1S/C40H60O11/c1-22-7-9-29-24(3)31(43-33-39(29)27(22)13-15-35(5,45-33)48-50-39)19-37(21-42-38(47-37)17-11-26(41)12-18-38)20-32-25(4)30-10-8-23(2)28-14-16-36(6)46-34(44-32)40(28,30)51-49-36/h22-25,27-34H,7-21H2,1-6H3/t22-,23-,24-,25-,27+,28+,29+,30+,31-,32-,33-,34-,35-,36-,39-,40-/m1/s1. The lowest BCUT2D eigenvalue weighted by atomic mass is 9.56. The van der Waals surface area contributed by atoms with E-state index in [2.05, 4.69) is 27.7 Å². The normalized spacial score (nSPS) is 58.5. The fraction of sp³-hybridized carbons (Fsp3) is 0.975. The second-order valence-electron chi connectivity index (χ2n) is 19.3. The Morgan fingerprint density at radius 1 is 0.608 bits per heavy atom. The Balaban J connectivity index is 0.978. The van der Waals surface area contributed by atoms with E-state index in [4.69, 9.17) is 48.0 Å². The lowest BCUT2D eigenvalue weighted by molar-refractivity contribution is -0.572. The molecule has 0 aromatic heterocycles. The third-order valence-corrected chi connectivity index (χ3v) is 16.3. The maximum Gasteiger partial charge on any atom is 0.201 e. The molecule has 4 bridgehead atoms. The van der Waals surface area contributed by atoms with Crippen molar-refractivity contribution in [2.24, 2.45) is 47.3 Å². The van der Waals surface area contributed by atoms with Crippen LogP contribution in [0, 0.1) is 47.3 Å². The zero-order valence-electron chi connectivity index (χ0n) is 31.5. The molecule has 3 spiro atoms. The first kappa shape index (κ1) is 34.7. The van der Waals surface area contributed by atoms with Crippen LogP contribution in [0.5, 0.6) is 0 Å². The molecule has 0 radical (unpaired) electrons. The van der Waals surface area contributed by atoms with Gasteiger partial charge in [-0.25, -0.2) is 19.6 Å². The summed E-state index contributed by atoms with van der Waals surface area (Å²) in [5.74, 6) is 0.287. The van der Waals surface area contributed by atoms with Crippen LogP contribution in [0.25, 0.3) is 0 Å². The first-order valence-electron chi connectivity index (χ1n) is 20.6. The number of fused-ring (bicyclic) bond motifs is 4. The van der Waals surface area contributed by atoms with Crippen LogP contribution in [0.4, 0.5) is 0 Å². The van der Waals surface area contributed by atoms with Crippen molar-refractivity contribution in [3.63, 3.8) is 0 Å². The Morgan fingerprint density at radius 3 is 1.59 bits per heavy atom. The summed E-state index contributed by atoms with van der Waals surface area (Å²) in [5, 5.41) is 0. The highest BCUT2D eigenvalue weighted by Crippen LogP contribution is 2.64. The van der Waals surface area contributed by atoms with Gasteiger partial charge in [-0.15, -0.1) is 0 Å². The Kier molecular flexibility index (Phi) is 7.93. The van der Waals surface area contributed by atoms with E-state index in [0.29, 0.717) is 68.8 Å². The number of Topliss-reactive ketones (excluding diaryl/α,β-unsaturated/α-hetero) is 1. The van der Waals surface area contributed by atoms with Gasteiger partial charge in [0.1, 0.15) is 5.78 Å². The highest BCUT2D eigenvalue weighted by atomic mass is 17.3. The summed E-state index contributed by atoms with van der Waals surface area (Å²) in [6, 6.07) is 0. The molecule has 11 nitrogen and oxygen atoms in total. The van der Waals surface area contributed by atoms with Gasteiger partial charge in [-0.3, -0.25) is 4.79 Å². The molecule has 11 heteroatoms. The van der Waals surface area contributed by atoms with E-state index in [-0.39, 0.29) is 41.7 Å². The van der Waals surface area contributed by atoms with Crippen molar-refractivity contribution >= 4 is 5.78 Å². The largest absolute Gasteiger partial charge is 0.347 e. The number of rotatable bonds is 4.